The molecule has 0 radical (unpaired) electrons. The first-order valence-electron chi connectivity index (χ1n) is 29.1. The maximum Gasteiger partial charge on any atom is 0.204 e. The Hall–Kier alpha value is -7.32. The van der Waals surface area contributed by atoms with Gasteiger partial charge in [-0.15, -0.1) is 0 Å². The molecule has 2 saturated heterocycles. The van der Waals surface area contributed by atoms with Crippen LogP contribution in [0.2, 0.25) is 0 Å². The number of aliphatic hydroxyl groups excluding tert-OH is 2. The van der Waals surface area contributed by atoms with Crippen LogP contribution in [-0.4, -0.2) is 164 Å². The van der Waals surface area contributed by atoms with E-state index in [1.54, 1.807) is 12.1 Å². The maximum absolute atomic E-state index is 10.6. The number of rotatable bonds is 24. The molecule has 10 rings (SSSR count). The zero-order valence-corrected chi connectivity index (χ0v) is 48.8. The number of aryl methyl sites for hydroxylation is 6. The van der Waals surface area contributed by atoms with Crippen molar-refractivity contribution in [2.45, 2.75) is 80.4 Å². The lowest BCUT2D eigenvalue weighted by Crippen LogP contribution is -2.37. The lowest BCUT2D eigenvalue weighted by Gasteiger charge is -2.26. The molecule has 0 atom stereocenters. The van der Waals surface area contributed by atoms with Crippen molar-refractivity contribution in [2.24, 2.45) is 0 Å². The van der Waals surface area contributed by atoms with Crippen LogP contribution in [0.4, 0.5) is 23.3 Å². The summed E-state index contributed by atoms with van der Waals surface area (Å²) in [6.45, 7) is 25.9. The van der Waals surface area contributed by atoms with E-state index in [1.165, 1.54) is 33.4 Å². The molecule has 436 valence electrons. The molecule has 0 aliphatic carbocycles. The minimum Gasteiger partial charge on any atom is -0.506 e. The summed E-state index contributed by atoms with van der Waals surface area (Å²) in [7, 11) is 0. The Morgan fingerprint density at radius 2 is 1.04 bits per heavy atom. The molecule has 18 heteroatoms. The third-order valence-corrected chi connectivity index (χ3v) is 15.3. The number of morpholine rings is 2. The number of fused-ring (bicyclic) bond motifs is 2. The van der Waals surface area contributed by atoms with Gasteiger partial charge in [0.25, 0.3) is 0 Å². The minimum atomic E-state index is 0.0734. The third kappa shape index (κ3) is 15.8. The van der Waals surface area contributed by atoms with Gasteiger partial charge in [-0.25, -0.2) is 9.97 Å². The van der Waals surface area contributed by atoms with E-state index in [-0.39, 0.29) is 24.7 Å². The second-order valence-corrected chi connectivity index (χ2v) is 21.9. The predicted molar refractivity (Wildman–Crippen MR) is 328 cm³/mol. The molecule has 4 aromatic heterocycles. The average Bonchev–Trinajstić information content (AvgIpc) is 4.07. The first-order valence-corrected chi connectivity index (χ1v) is 29.1. The number of hydrogen-bond acceptors (Lipinski definition) is 16. The van der Waals surface area contributed by atoms with Crippen molar-refractivity contribution in [2.75, 3.05) is 126 Å². The second-order valence-electron chi connectivity index (χ2n) is 21.9. The van der Waals surface area contributed by atoms with Gasteiger partial charge < -0.3 is 59.9 Å². The summed E-state index contributed by atoms with van der Waals surface area (Å²) in [6.07, 6.45) is 2.80. The number of aliphatic hydroxyl groups is 2. The van der Waals surface area contributed by atoms with Gasteiger partial charge in [0.1, 0.15) is 22.9 Å². The lowest BCUT2D eigenvalue weighted by molar-refractivity contribution is 0.0378. The SMILES string of the molecule is Cc1cc(C)cc(N(CCO)Cc2ccc3nc(NCCCN4CCOCC4)n(Cc4nc(C)ccc4O)c3c2)c1.Cc1ccc(O)c(Cn2c(NCCCN3CCOCC3)nc3ccc(Cc4c(C)cc(NCCO)cc4C)cc32)n1. The molecule has 82 heavy (non-hydrogen) atoms. The van der Waals surface area contributed by atoms with E-state index in [4.69, 9.17) is 24.5 Å². The van der Waals surface area contributed by atoms with Crippen molar-refractivity contribution >= 4 is 45.3 Å². The van der Waals surface area contributed by atoms with Crippen LogP contribution in [-0.2, 0) is 35.5 Å². The normalized spacial score (nSPS) is 14.0. The Kier molecular flexibility index (Phi) is 20.7. The number of benzene rings is 4. The Balaban J connectivity index is 0.000000198. The van der Waals surface area contributed by atoms with Crippen LogP contribution in [0.15, 0.2) is 91.0 Å². The molecule has 7 N–H and O–H groups in total. The zero-order valence-electron chi connectivity index (χ0n) is 48.8. The van der Waals surface area contributed by atoms with Gasteiger partial charge in [0.15, 0.2) is 0 Å². The van der Waals surface area contributed by atoms with Gasteiger partial charge in [0, 0.05) is 81.7 Å². The molecule has 18 nitrogen and oxygen atoms in total. The van der Waals surface area contributed by atoms with Crippen LogP contribution in [0.5, 0.6) is 11.5 Å². The average molecular weight is 1120 g/mol. The van der Waals surface area contributed by atoms with Gasteiger partial charge in [-0.1, -0.05) is 18.2 Å². The summed E-state index contributed by atoms with van der Waals surface area (Å²) in [4.78, 5) is 26.2. The van der Waals surface area contributed by atoms with Crippen LogP contribution in [0.1, 0.15) is 74.6 Å². The highest BCUT2D eigenvalue weighted by Crippen LogP contribution is 2.30. The topological polar surface area (TPSA) is 207 Å². The summed E-state index contributed by atoms with van der Waals surface area (Å²) in [5, 5.41) is 50.6. The summed E-state index contributed by atoms with van der Waals surface area (Å²) in [5.74, 6) is 1.92. The van der Waals surface area contributed by atoms with Crippen molar-refractivity contribution in [3.63, 3.8) is 0 Å². The van der Waals surface area contributed by atoms with E-state index in [1.807, 2.05) is 26.0 Å². The molecule has 4 aromatic carbocycles. The van der Waals surface area contributed by atoms with Gasteiger partial charge in [-0.05, 0) is 186 Å². The molecule has 0 saturated carbocycles. The number of aromatic hydroxyl groups is 2. The molecule has 0 bridgehead atoms. The van der Waals surface area contributed by atoms with E-state index in [2.05, 4.69) is 144 Å². The van der Waals surface area contributed by atoms with E-state index in [0.29, 0.717) is 44.1 Å². The molecule has 8 aromatic rings. The Bertz CT molecular complexity index is 3340. The second kappa shape index (κ2) is 28.6. The Morgan fingerprint density at radius 3 is 1.54 bits per heavy atom. The maximum atomic E-state index is 10.6. The van der Waals surface area contributed by atoms with Gasteiger partial charge in [0.05, 0.1) is 74.8 Å². The quantitative estimate of drug-likeness (QED) is 0.0283. The van der Waals surface area contributed by atoms with E-state index >= 15 is 0 Å². The number of imidazole rings is 2. The molecule has 2 aliphatic rings. The molecular formula is C64H84N12O6. The molecule has 2 fully saturated rings. The van der Waals surface area contributed by atoms with Crippen molar-refractivity contribution in [3.05, 3.63) is 153 Å². The number of aromatic nitrogens is 6. The molecule has 0 amide bonds. The number of nitrogens with zero attached hydrogens (tertiary/aromatic N) is 9. The lowest BCUT2D eigenvalue weighted by atomic mass is 9.95. The van der Waals surface area contributed by atoms with Gasteiger partial charge >= 0.3 is 0 Å². The van der Waals surface area contributed by atoms with Crippen molar-refractivity contribution in [3.8, 4) is 11.5 Å². The largest absolute Gasteiger partial charge is 0.506 e. The highest BCUT2D eigenvalue weighted by Gasteiger charge is 2.20. The molecule has 0 spiro atoms. The van der Waals surface area contributed by atoms with Crippen LogP contribution in [0.3, 0.4) is 0 Å². The number of anilines is 4. The Morgan fingerprint density at radius 1 is 0.537 bits per heavy atom. The van der Waals surface area contributed by atoms with E-state index in [9.17, 15) is 15.3 Å². The van der Waals surface area contributed by atoms with Gasteiger partial charge in [-0.2, -0.15) is 0 Å². The van der Waals surface area contributed by atoms with Crippen LogP contribution in [0, 0.1) is 41.5 Å². The smallest absolute Gasteiger partial charge is 0.204 e. The van der Waals surface area contributed by atoms with Crippen molar-refractivity contribution in [1.29, 1.82) is 0 Å². The van der Waals surface area contributed by atoms with Gasteiger partial charge in [-0.3, -0.25) is 19.8 Å². The van der Waals surface area contributed by atoms with Crippen LogP contribution < -0.4 is 20.9 Å². The fraction of sp³-hybridized carbons (Fsp3) is 0.438. The summed E-state index contributed by atoms with van der Waals surface area (Å²) in [5.41, 5.74) is 17.3. The van der Waals surface area contributed by atoms with Crippen molar-refractivity contribution < 1.29 is 29.9 Å². The Labute approximate surface area is 482 Å². The third-order valence-electron chi connectivity index (χ3n) is 15.3. The standard InChI is InChI=1S/2C32H42N6O3/c1-22-17-26(33-10-14-39)18-23(2)27(22)19-25-6-7-28-30(20-25)38(21-29-31(40)8-5-24(3)35-29)32(36-28)34-9-4-11-37-12-15-41-16-13-37;1-23-17-24(2)19-27(18-23)37(11-14-39)21-26-6-7-28-30(20-26)38(22-29-31(40)8-5-25(3)34-29)32(35-28)33-9-4-10-36-12-15-41-16-13-36/h5-8,17-18,20,33,39-40H,4,9-16,19,21H2,1-3H3,(H,34,36);5-8,17-20,39-40H,4,9-16,21-22H2,1-3H3,(H,33,35). The molecule has 0 unspecified atom stereocenters. The monoisotopic (exact) mass is 1120 g/mol. The first-order chi connectivity index (χ1) is 39.8. The fourth-order valence-electron chi connectivity index (χ4n) is 11.1. The first kappa shape index (κ1) is 59.3. The number of nitrogens with one attached hydrogen (secondary N) is 3. The summed E-state index contributed by atoms with van der Waals surface area (Å²) in [6, 6.07) is 30.6. The van der Waals surface area contributed by atoms with E-state index < -0.39 is 0 Å². The highest BCUT2D eigenvalue weighted by atomic mass is 16.5. The summed E-state index contributed by atoms with van der Waals surface area (Å²) >= 11 is 0. The summed E-state index contributed by atoms with van der Waals surface area (Å²) < 4.78 is 15.2. The number of hydrogen-bond donors (Lipinski definition) is 7. The van der Waals surface area contributed by atoms with Crippen molar-refractivity contribution in [1.82, 2.24) is 38.9 Å². The minimum absolute atomic E-state index is 0.0734. The van der Waals surface area contributed by atoms with E-state index in [0.717, 1.165) is 160 Å². The number of ether oxygens (including phenoxy) is 2. The van der Waals surface area contributed by atoms with Crippen LogP contribution >= 0.6 is 0 Å². The van der Waals surface area contributed by atoms with Gasteiger partial charge in [0.2, 0.25) is 11.9 Å². The molecule has 2 aliphatic heterocycles. The molecular weight excluding hydrogens is 1030 g/mol. The fourth-order valence-corrected chi connectivity index (χ4v) is 11.1. The predicted octanol–water partition coefficient (Wildman–Crippen LogP) is 8.48. The molecule has 6 heterocycles. The number of pyridine rings is 2. The van der Waals surface area contributed by atoms with Crippen LogP contribution in [0.25, 0.3) is 22.1 Å². The zero-order chi connectivity index (χ0) is 57.5. The highest BCUT2D eigenvalue weighted by molar-refractivity contribution is 5.81.